The lowest BCUT2D eigenvalue weighted by Crippen LogP contribution is -2.37. The Morgan fingerprint density at radius 2 is 2.19 bits per heavy atom. The van der Waals surface area contributed by atoms with Gasteiger partial charge in [0.15, 0.2) is 5.65 Å². The number of pyridine rings is 1. The standard InChI is InChI=1S/C14H18N4O3/c1-17(7-8-3-9(19)4-8)12-10-6-16-18(2)13(10)15-5-11(12)14(20)21/h5-6,8-9,19H,3-4,7H2,1-2H3,(H,20,21). The van der Waals surface area contributed by atoms with Crippen molar-refractivity contribution in [2.45, 2.75) is 18.9 Å². The summed E-state index contributed by atoms with van der Waals surface area (Å²) in [5.74, 6) is -0.602. The number of fused-ring (bicyclic) bond motifs is 1. The van der Waals surface area contributed by atoms with E-state index in [2.05, 4.69) is 10.1 Å². The average Bonchev–Trinajstić information content (AvgIpc) is 2.77. The Kier molecular flexibility index (Phi) is 3.29. The molecule has 2 heterocycles. The van der Waals surface area contributed by atoms with Crippen molar-refractivity contribution in [3.05, 3.63) is 18.0 Å². The summed E-state index contributed by atoms with van der Waals surface area (Å²) in [5.41, 5.74) is 1.48. The minimum atomic E-state index is -0.997. The molecule has 7 heteroatoms. The molecule has 0 radical (unpaired) electrons. The molecule has 112 valence electrons. The Bertz CT molecular complexity index is 691. The number of carboxylic acid groups (broad SMARTS) is 1. The van der Waals surface area contributed by atoms with Gasteiger partial charge in [0.2, 0.25) is 0 Å². The highest BCUT2D eigenvalue weighted by atomic mass is 16.4. The molecule has 0 unspecified atom stereocenters. The van der Waals surface area contributed by atoms with E-state index in [0.717, 1.165) is 18.2 Å². The second-order valence-electron chi connectivity index (χ2n) is 5.70. The van der Waals surface area contributed by atoms with Crippen LogP contribution >= 0.6 is 0 Å². The van der Waals surface area contributed by atoms with Gasteiger partial charge in [-0.25, -0.2) is 9.78 Å². The second kappa shape index (κ2) is 5.00. The van der Waals surface area contributed by atoms with Crippen molar-refractivity contribution in [3.63, 3.8) is 0 Å². The summed E-state index contributed by atoms with van der Waals surface area (Å²) < 4.78 is 1.63. The molecule has 1 saturated carbocycles. The van der Waals surface area contributed by atoms with E-state index in [-0.39, 0.29) is 11.7 Å². The van der Waals surface area contributed by atoms with Gasteiger partial charge in [-0.1, -0.05) is 0 Å². The Labute approximate surface area is 121 Å². The van der Waals surface area contributed by atoms with Gasteiger partial charge in [0.05, 0.1) is 23.4 Å². The zero-order valence-corrected chi connectivity index (χ0v) is 12.0. The number of aromatic carboxylic acids is 1. The first kappa shape index (κ1) is 13.8. The highest BCUT2D eigenvalue weighted by Gasteiger charge is 2.29. The molecule has 1 aliphatic rings. The maximum absolute atomic E-state index is 11.5. The molecule has 1 fully saturated rings. The number of carboxylic acids is 1. The molecule has 0 amide bonds. The van der Waals surface area contributed by atoms with E-state index in [4.69, 9.17) is 0 Å². The monoisotopic (exact) mass is 290 g/mol. The van der Waals surface area contributed by atoms with Crippen molar-refractivity contribution in [2.75, 3.05) is 18.5 Å². The van der Waals surface area contributed by atoms with Gasteiger partial charge in [0.25, 0.3) is 0 Å². The zero-order chi connectivity index (χ0) is 15.1. The Hall–Kier alpha value is -2.15. The first-order valence-corrected chi connectivity index (χ1v) is 6.90. The Morgan fingerprint density at radius 3 is 2.81 bits per heavy atom. The van der Waals surface area contributed by atoms with Gasteiger partial charge in [-0.2, -0.15) is 5.10 Å². The van der Waals surface area contributed by atoms with Crippen LogP contribution in [0.2, 0.25) is 0 Å². The van der Waals surface area contributed by atoms with Gasteiger partial charge in [-0.15, -0.1) is 0 Å². The summed E-state index contributed by atoms with van der Waals surface area (Å²) in [7, 11) is 3.65. The van der Waals surface area contributed by atoms with Crippen molar-refractivity contribution in [2.24, 2.45) is 13.0 Å². The van der Waals surface area contributed by atoms with Crippen molar-refractivity contribution in [1.82, 2.24) is 14.8 Å². The van der Waals surface area contributed by atoms with Crippen LogP contribution in [0.25, 0.3) is 11.0 Å². The van der Waals surface area contributed by atoms with E-state index < -0.39 is 5.97 Å². The number of anilines is 1. The first-order valence-electron chi connectivity index (χ1n) is 6.90. The molecule has 21 heavy (non-hydrogen) atoms. The van der Waals surface area contributed by atoms with E-state index in [1.807, 2.05) is 11.9 Å². The average molecular weight is 290 g/mol. The second-order valence-corrected chi connectivity index (χ2v) is 5.70. The molecule has 0 saturated heterocycles. The molecule has 1 aliphatic carbocycles. The molecule has 7 nitrogen and oxygen atoms in total. The maximum atomic E-state index is 11.5. The van der Waals surface area contributed by atoms with Crippen molar-refractivity contribution in [1.29, 1.82) is 0 Å². The van der Waals surface area contributed by atoms with E-state index >= 15 is 0 Å². The van der Waals surface area contributed by atoms with Gasteiger partial charge in [0, 0.05) is 26.8 Å². The van der Waals surface area contributed by atoms with Gasteiger partial charge in [-0.05, 0) is 18.8 Å². The van der Waals surface area contributed by atoms with E-state index in [9.17, 15) is 15.0 Å². The zero-order valence-electron chi connectivity index (χ0n) is 12.0. The minimum absolute atomic E-state index is 0.179. The molecular formula is C14H18N4O3. The fourth-order valence-electron chi connectivity index (χ4n) is 2.98. The third-order valence-corrected chi connectivity index (χ3v) is 4.09. The van der Waals surface area contributed by atoms with Crippen LogP contribution in [-0.4, -0.2) is 50.6 Å². The number of carbonyl (C=O) groups is 1. The van der Waals surface area contributed by atoms with Crippen molar-refractivity contribution >= 4 is 22.7 Å². The van der Waals surface area contributed by atoms with E-state index in [1.54, 1.807) is 17.9 Å². The lowest BCUT2D eigenvalue weighted by atomic mass is 9.82. The molecule has 2 aromatic heterocycles. The molecule has 2 aromatic rings. The molecular weight excluding hydrogens is 272 g/mol. The number of hydrogen-bond acceptors (Lipinski definition) is 5. The van der Waals surface area contributed by atoms with Crippen molar-refractivity contribution < 1.29 is 15.0 Å². The van der Waals surface area contributed by atoms with Crippen LogP contribution in [0.15, 0.2) is 12.4 Å². The van der Waals surface area contributed by atoms with E-state index in [1.165, 1.54) is 6.20 Å². The SMILES string of the molecule is CN(CC1CC(O)C1)c1c(C(=O)O)cnc2c1cnn2C. The van der Waals surface area contributed by atoms with Gasteiger partial charge < -0.3 is 15.1 Å². The van der Waals surface area contributed by atoms with Gasteiger partial charge in [0.1, 0.15) is 5.56 Å². The predicted molar refractivity (Wildman–Crippen MR) is 77.5 cm³/mol. The summed E-state index contributed by atoms with van der Waals surface area (Å²) in [6, 6.07) is 0. The first-order chi connectivity index (χ1) is 9.97. The molecule has 3 rings (SSSR count). The number of hydrogen-bond donors (Lipinski definition) is 2. The third kappa shape index (κ3) is 2.33. The molecule has 2 N–H and O–H groups in total. The minimum Gasteiger partial charge on any atom is -0.478 e. The van der Waals surface area contributed by atoms with Crippen LogP contribution in [0, 0.1) is 5.92 Å². The fourth-order valence-corrected chi connectivity index (χ4v) is 2.98. The molecule has 0 bridgehead atoms. The number of aromatic nitrogens is 3. The van der Waals surface area contributed by atoms with Crippen LogP contribution in [0.3, 0.4) is 0 Å². The summed E-state index contributed by atoms with van der Waals surface area (Å²) in [5, 5.41) is 23.7. The maximum Gasteiger partial charge on any atom is 0.339 e. The van der Waals surface area contributed by atoms with Gasteiger partial charge >= 0.3 is 5.97 Å². The molecule has 0 spiro atoms. The highest BCUT2D eigenvalue weighted by molar-refractivity contribution is 6.03. The van der Waals surface area contributed by atoms with Gasteiger partial charge in [-0.3, -0.25) is 4.68 Å². The van der Waals surface area contributed by atoms with Crippen LogP contribution in [0.1, 0.15) is 23.2 Å². The summed E-state index contributed by atoms with van der Waals surface area (Å²) in [6.45, 7) is 0.714. The number of aliphatic hydroxyl groups is 1. The number of aliphatic hydroxyl groups excluding tert-OH is 1. The Balaban J connectivity index is 2.01. The summed E-state index contributed by atoms with van der Waals surface area (Å²) in [6.07, 6.45) is 4.37. The molecule has 0 aromatic carbocycles. The van der Waals surface area contributed by atoms with E-state index in [0.29, 0.717) is 23.8 Å². The number of nitrogens with zero attached hydrogens (tertiary/aromatic N) is 4. The third-order valence-electron chi connectivity index (χ3n) is 4.09. The summed E-state index contributed by atoms with van der Waals surface area (Å²) >= 11 is 0. The van der Waals surface area contributed by atoms with Crippen LogP contribution in [-0.2, 0) is 7.05 Å². The van der Waals surface area contributed by atoms with Crippen molar-refractivity contribution in [3.8, 4) is 0 Å². The highest BCUT2D eigenvalue weighted by Crippen LogP contribution is 2.33. The summed E-state index contributed by atoms with van der Waals surface area (Å²) in [4.78, 5) is 17.6. The predicted octanol–water partition coefficient (Wildman–Crippen LogP) is 0.874. The largest absolute Gasteiger partial charge is 0.478 e. The fraction of sp³-hybridized carbons (Fsp3) is 0.500. The van der Waals surface area contributed by atoms with Crippen LogP contribution in [0.4, 0.5) is 5.69 Å². The lowest BCUT2D eigenvalue weighted by Gasteiger charge is -2.35. The quantitative estimate of drug-likeness (QED) is 0.868. The number of aryl methyl sites for hydroxylation is 1. The smallest absolute Gasteiger partial charge is 0.339 e. The van der Waals surface area contributed by atoms with Crippen LogP contribution in [0.5, 0.6) is 0 Å². The van der Waals surface area contributed by atoms with Crippen LogP contribution < -0.4 is 4.90 Å². The Morgan fingerprint density at radius 1 is 1.48 bits per heavy atom. The lowest BCUT2D eigenvalue weighted by molar-refractivity contribution is 0.0464. The molecule has 0 aliphatic heterocycles. The topological polar surface area (TPSA) is 91.5 Å². The normalized spacial score (nSPS) is 21.3. The number of rotatable bonds is 4. The molecule has 0 atom stereocenters.